The number of hydrogen-bond donors (Lipinski definition) is 2. The van der Waals surface area contributed by atoms with Gasteiger partial charge in [-0.3, -0.25) is 14.4 Å². The average Bonchev–Trinajstić information content (AvgIpc) is 3.52. The molecule has 5 aliphatic heterocycles. The van der Waals surface area contributed by atoms with Gasteiger partial charge in [-0.1, -0.05) is 0 Å². The highest BCUT2D eigenvalue weighted by Gasteiger charge is 2.44. The Kier molecular flexibility index (Phi) is 4.94. The molecule has 9 nitrogen and oxygen atoms in total. The molecule has 0 unspecified atom stereocenters. The number of carbonyl (C=O) groups excluding carboxylic acids is 3. The Morgan fingerprint density at radius 2 is 1.38 bits per heavy atom. The average molecular weight is 442 g/mol. The summed E-state index contributed by atoms with van der Waals surface area (Å²) in [5.74, 6) is -0.0288. The van der Waals surface area contributed by atoms with Gasteiger partial charge in [-0.05, 0) is 33.6 Å². The number of rotatable bonds is 4. The third-order valence-electron chi connectivity index (χ3n) is 7.67. The summed E-state index contributed by atoms with van der Waals surface area (Å²) in [5, 5.41) is 12.8. The van der Waals surface area contributed by atoms with Gasteiger partial charge in [0.05, 0.1) is 30.2 Å². The molecule has 5 atom stereocenters. The highest BCUT2D eigenvalue weighted by Crippen LogP contribution is 2.34. The second kappa shape index (κ2) is 7.56. The zero-order valence-corrected chi connectivity index (χ0v) is 18.8. The molecule has 0 aromatic heterocycles. The molecule has 2 N–H and O–H groups in total. The van der Waals surface area contributed by atoms with Crippen LogP contribution in [0, 0.1) is 0 Å². The van der Waals surface area contributed by atoms with Gasteiger partial charge >= 0.3 is 0 Å². The van der Waals surface area contributed by atoms with Crippen molar-refractivity contribution in [3.8, 4) is 0 Å². The third-order valence-corrected chi connectivity index (χ3v) is 7.67. The number of amides is 3. The number of carbonyl (C=O) groups is 3. The van der Waals surface area contributed by atoms with Crippen LogP contribution < -0.4 is 5.32 Å². The predicted molar refractivity (Wildman–Crippen MR) is 117 cm³/mol. The van der Waals surface area contributed by atoms with E-state index in [0.717, 1.165) is 43.9 Å². The molecule has 5 rings (SSSR count). The van der Waals surface area contributed by atoms with E-state index in [2.05, 4.69) is 22.0 Å². The van der Waals surface area contributed by atoms with Crippen LogP contribution in [0.15, 0.2) is 35.4 Å². The van der Waals surface area contributed by atoms with E-state index in [1.807, 2.05) is 18.7 Å². The first-order chi connectivity index (χ1) is 15.2. The number of likely N-dealkylation sites (tertiary alicyclic amines) is 2. The lowest BCUT2D eigenvalue weighted by Crippen LogP contribution is -2.46. The molecule has 32 heavy (non-hydrogen) atoms. The summed E-state index contributed by atoms with van der Waals surface area (Å²) >= 11 is 0. The maximum atomic E-state index is 13.0. The fourth-order valence-electron chi connectivity index (χ4n) is 6.02. The zero-order valence-electron chi connectivity index (χ0n) is 18.8. The van der Waals surface area contributed by atoms with E-state index in [0.29, 0.717) is 6.54 Å². The molecule has 9 heteroatoms. The number of hydrogen-bond acceptors (Lipinski definition) is 6. The van der Waals surface area contributed by atoms with Gasteiger partial charge in [-0.15, -0.1) is 0 Å². The van der Waals surface area contributed by atoms with Crippen LogP contribution in [0.5, 0.6) is 0 Å². The molecule has 172 valence electrons. The van der Waals surface area contributed by atoms with Crippen molar-refractivity contribution in [1.29, 1.82) is 0 Å². The summed E-state index contributed by atoms with van der Waals surface area (Å²) in [6.45, 7) is 8.93. The van der Waals surface area contributed by atoms with Crippen LogP contribution in [-0.4, -0.2) is 98.8 Å². The Hall–Kier alpha value is -2.97. The fourth-order valence-corrected chi connectivity index (χ4v) is 6.02. The van der Waals surface area contributed by atoms with Crippen LogP contribution in [0.3, 0.4) is 0 Å². The van der Waals surface area contributed by atoms with Crippen LogP contribution in [0.1, 0.15) is 33.6 Å². The quantitative estimate of drug-likeness (QED) is 0.653. The largest absolute Gasteiger partial charge is 0.510 e. The van der Waals surface area contributed by atoms with Crippen LogP contribution in [0.4, 0.5) is 0 Å². The van der Waals surface area contributed by atoms with E-state index in [1.165, 1.54) is 6.08 Å². The van der Waals surface area contributed by atoms with E-state index < -0.39 is 0 Å². The summed E-state index contributed by atoms with van der Waals surface area (Å²) in [5.41, 5.74) is 2.02. The van der Waals surface area contributed by atoms with Gasteiger partial charge in [0.1, 0.15) is 5.76 Å². The lowest BCUT2D eigenvalue weighted by Gasteiger charge is -2.34. The van der Waals surface area contributed by atoms with Crippen molar-refractivity contribution in [2.45, 2.75) is 63.8 Å². The summed E-state index contributed by atoms with van der Waals surface area (Å²) in [7, 11) is 0. The van der Waals surface area contributed by atoms with Crippen molar-refractivity contribution in [3.63, 3.8) is 0 Å². The molecule has 0 spiro atoms. The summed E-state index contributed by atoms with van der Waals surface area (Å²) in [4.78, 5) is 45.2. The molecule has 0 saturated carbocycles. The third kappa shape index (κ3) is 3.25. The monoisotopic (exact) mass is 441 g/mol. The Morgan fingerprint density at radius 1 is 0.812 bits per heavy atom. The van der Waals surface area contributed by atoms with Gasteiger partial charge in [-0.2, -0.15) is 0 Å². The highest BCUT2D eigenvalue weighted by molar-refractivity contribution is 5.93. The van der Waals surface area contributed by atoms with Gasteiger partial charge in [0.15, 0.2) is 0 Å². The first-order valence-corrected chi connectivity index (χ1v) is 11.5. The number of nitrogens with one attached hydrogen (secondary N) is 1. The van der Waals surface area contributed by atoms with Crippen LogP contribution in [0.25, 0.3) is 0 Å². The molecule has 0 bridgehead atoms. The number of aliphatic hydroxyl groups is 1. The van der Waals surface area contributed by atoms with Crippen molar-refractivity contribution in [2.75, 3.05) is 26.2 Å². The fraction of sp³-hybridized carbons (Fsp3) is 0.609. The van der Waals surface area contributed by atoms with Crippen LogP contribution in [-0.2, 0) is 14.4 Å². The summed E-state index contributed by atoms with van der Waals surface area (Å²) in [6, 6.07) is -0.182. The predicted octanol–water partition coefficient (Wildman–Crippen LogP) is 0.324. The minimum atomic E-state index is -0.293. The molecule has 2 saturated heterocycles. The van der Waals surface area contributed by atoms with Crippen LogP contribution in [0.2, 0.25) is 0 Å². The van der Waals surface area contributed by atoms with E-state index in [4.69, 9.17) is 0 Å². The molecule has 0 aromatic carbocycles. The molecule has 3 amide bonds. The smallest absolute Gasteiger partial charge is 0.250 e. The Balaban J connectivity index is 1.24. The highest BCUT2D eigenvalue weighted by atomic mass is 16.3. The van der Waals surface area contributed by atoms with E-state index in [9.17, 15) is 19.5 Å². The molecule has 0 aromatic rings. The van der Waals surface area contributed by atoms with Crippen molar-refractivity contribution >= 4 is 17.7 Å². The Labute approximate surface area is 188 Å². The van der Waals surface area contributed by atoms with Crippen molar-refractivity contribution < 1.29 is 19.5 Å². The molecular formula is C23H31N5O4. The van der Waals surface area contributed by atoms with Crippen molar-refractivity contribution in [1.82, 2.24) is 24.9 Å². The maximum absolute atomic E-state index is 13.0. The molecule has 0 radical (unpaired) electrons. The Bertz CT molecular complexity index is 956. The van der Waals surface area contributed by atoms with Crippen LogP contribution >= 0.6 is 0 Å². The van der Waals surface area contributed by atoms with E-state index in [1.54, 1.807) is 17.1 Å². The van der Waals surface area contributed by atoms with Gasteiger partial charge in [-0.25, -0.2) is 0 Å². The molecule has 5 heterocycles. The van der Waals surface area contributed by atoms with E-state index >= 15 is 0 Å². The second-order valence-corrected chi connectivity index (χ2v) is 9.56. The number of nitrogens with zero attached hydrogens (tertiary/aromatic N) is 4. The van der Waals surface area contributed by atoms with Gasteiger partial charge in [0.2, 0.25) is 11.8 Å². The molecular weight excluding hydrogens is 410 g/mol. The SMILES string of the molecule is C[C@@H]1NC(=O)C=C1N1CC[C@H](N2C(=O)C=C(N3CC[C@H](N4C(=O)C=C(O)[C@@H]4C)C3)[C@@H]2C)C1. The first-order valence-electron chi connectivity index (χ1n) is 11.5. The van der Waals surface area contributed by atoms with Crippen molar-refractivity contribution in [2.24, 2.45) is 0 Å². The van der Waals surface area contributed by atoms with Gasteiger partial charge in [0, 0.05) is 55.8 Å². The lowest BCUT2D eigenvalue weighted by atomic mass is 10.1. The lowest BCUT2D eigenvalue weighted by molar-refractivity contribution is -0.128. The molecule has 5 aliphatic rings. The maximum Gasteiger partial charge on any atom is 0.250 e. The normalized spacial score (nSPS) is 35.2. The standard InChI is InChI=1S/C23H31N5O4/c1-13-18(8-21(30)24-13)25-6-4-16(11-25)27-14(2)19(9-22(27)31)26-7-5-17(12-26)28-15(3)20(29)10-23(28)32/h8-10,13-17,29H,4-7,11-12H2,1-3H3,(H,24,30)/t13-,14-,15-,16-,17-/m0/s1. The second-order valence-electron chi connectivity index (χ2n) is 9.56. The number of aliphatic hydroxyl groups excluding tert-OH is 1. The van der Waals surface area contributed by atoms with Gasteiger partial charge < -0.3 is 30.0 Å². The van der Waals surface area contributed by atoms with Crippen molar-refractivity contribution in [3.05, 3.63) is 35.4 Å². The van der Waals surface area contributed by atoms with E-state index in [-0.39, 0.29) is 53.7 Å². The topological polar surface area (TPSA) is 96.4 Å². The van der Waals surface area contributed by atoms with Gasteiger partial charge in [0.25, 0.3) is 5.91 Å². The minimum absolute atomic E-state index is 0.00721. The summed E-state index contributed by atoms with van der Waals surface area (Å²) < 4.78 is 0. The Morgan fingerprint density at radius 3 is 1.91 bits per heavy atom. The first kappa shape index (κ1) is 20.9. The minimum Gasteiger partial charge on any atom is -0.510 e. The zero-order chi connectivity index (χ0) is 22.7. The molecule has 0 aliphatic carbocycles. The summed E-state index contributed by atoms with van der Waals surface area (Å²) in [6.07, 6.45) is 6.43. The molecule has 2 fully saturated rings.